The number of rotatable bonds is 7. The number of hydrogen-bond acceptors (Lipinski definition) is 3. The number of hydrogen-bond donors (Lipinski definition) is 2. The second kappa shape index (κ2) is 6.06. The molecule has 0 aliphatic heterocycles. The quantitative estimate of drug-likeness (QED) is 0.810. The van der Waals surface area contributed by atoms with Crippen molar-refractivity contribution >= 4 is 5.97 Å². The molecule has 116 valence electrons. The minimum atomic E-state index is -0.930. The summed E-state index contributed by atoms with van der Waals surface area (Å²) in [6.45, 7) is 7.77. The molecule has 1 aromatic carbocycles. The monoisotopic (exact) mass is 291 g/mol. The molecule has 21 heavy (non-hydrogen) atoms. The van der Waals surface area contributed by atoms with Gasteiger partial charge < -0.3 is 9.84 Å². The normalized spacial score (nSPS) is 18.9. The van der Waals surface area contributed by atoms with Crippen LogP contribution in [0.4, 0.5) is 0 Å². The number of carbonyl (C=O) groups is 1. The molecule has 0 spiro atoms. The highest BCUT2D eigenvalue weighted by molar-refractivity contribution is 5.78. The van der Waals surface area contributed by atoms with Gasteiger partial charge in [-0.1, -0.05) is 6.07 Å². The fourth-order valence-electron chi connectivity index (χ4n) is 2.52. The van der Waals surface area contributed by atoms with E-state index in [-0.39, 0.29) is 6.10 Å². The molecule has 0 amide bonds. The Morgan fingerprint density at radius 1 is 1.43 bits per heavy atom. The van der Waals surface area contributed by atoms with Crippen LogP contribution in [-0.4, -0.2) is 28.8 Å². The van der Waals surface area contributed by atoms with E-state index in [2.05, 4.69) is 12.2 Å². The maximum absolute atomic E-state index is 11.6. The number of aliphatic carboxylic acids is 1. The van der Waals surface area contributed by atoms with Crippen LogP contribution in [-0.2, 0) is 4.79 Å². The molecule has 2 rings (SSSR count). The Morgan fingerprint density at radius 2 is 2.10 bits per heavy atom. The highest BCUT2D eigenvalue weighted by Crippen LogP contribution is 2.26. The molecule has 1 fully saturated rings. The van der Waals surface area contributed by atoms with Crippen LogP contribution >= 0.6 is 0 Å². The lowest BCUT2D eigenvalue weighted by Gasteiger charge is -2.29. The third kappa shape index (κ3) is 4.21. The van der Waals surface area contributed by atoms with Crippen LogP contribution < -0.4 is 10.1 Å². The van der Waals surface area contributed by atoms with E-state index in [1.807, 2.05) is 32.0 Å². The van der Waals surface area contributed by atoms with Gasteiger partial charge in [0.05, 0.1) is 6.10 Å². The van der Waals surface area contributed by atoms with E-state index >= 15 is 0 Å². The van der Waals surface area contributed by atoms with Gasteiger partial charge in [-0.15, -0.1) is 0 Å². The van der Waals surface area contributed by atoms with E-state index in [0.29, 0.717) is 12.5 Å². The lowest BCUT2D eigenvalue weighted by atomic mass is 9.94. The lowest BCUT2D eigenvalue weighted by molar-refractivity contribution is -0.145. The standard InChI is InChI=1S/C17H25NO3/c1-11-5-8-15(9-12(11)2)21-13(3)10-17(4,16(19)20)18-14-6-7-14/h5,8-9,13-14,18H,6-7,10H2,1-4H3,(H,19,20). The first kappa shape index (κ1) is 15.8. The van der Waals surface area contributed by atoms with Gasteiger partial charge in [0.2, 0.25) is 0 Å². The summed E-state index contributed by atoms with van der Waals surface area (Å²) in [7, 11) is 0. The van der Waals surface area contributed by atoms with E-state index in [1.54, 1.807) is 6.92 Å². The average Bonchev–Trinajstić information content (AvgIpc) is 3.17. The van der Waals surface area contributed by atoms with E-state index in [0.717, 1.165) is 18.6 Å². The molecule has 0 saturated heterocycles. The van der Waals surface area contributed by atoms with Gasteiger partial charge in [-0.3, -0.25) is 10.1 Å². The lowest BCUT2D eigenvalue weighted by Crippen LogP contribution is -2.52. The molecular formula is C17H25NO3. The molecule has 4 heteroatoms. The van der Waals surface area contributed by atoms with Crippen molar-refractivity contribution < 1.29 is 14.6 Å². The van der Waals surface area contributed by atoms with Gasteiger partial charge in [-0.25, -0.2) is 0 Å². The molecule has 0 radical (unpaired) electrons. The van der Waals surface area contributed by atoms with Gasteiger partial charge >= 0.3 is 5.97 Å². The van der Waals surface area contributed by atoms with Crippen LogP contribution in [0.25, 0.3) is 0 Å². The summed E-state index contributed by atoms with van der Waals surface area (Å²) in [6.07, 6.45) is 2.40. The summed E-state index contributed by atoms with van der Waals surface area (Å²) in [5.41, 5.74) is 1.47. The first-order valence-electron chi connectivity index (χ1n) is 7.55. The zero-order chi connectivity index (χ0) is 15.6. The van der Waals surface area contributed by atoms with Crippen molar-refractivity contribution in [2.24, 2.45) is 0 Å². The summed E-state index contributed by atoms with van der Waals surface area (Å²) in [4.78, 5) is 11.6. The predicted octanol–water partition coefficient (Wildman–Crippen LogP) is 3.06. The van der Waals surface area contributed by atoms with E-state index in [1.165, 1.54) is 11.1 Å². The molecule has 0 bridgehead atoms. The maximum Gasteiger partial charge on any atom is 0.323 e. The molecule has 1 saturated carbocycles. The minimum Gasteiger partial charge on any atom is -0.491 e. The maximum atomic E-state index is 11.6. The van der Waals surface area contributed by atoms with Crippen LogP contribution in [0.2, 0.25) is 0 Å². The van der Waals surface area contributed by atoms with Crippen molar-refractivity contribution in [2.75, 3.05) is 0 Å². The van der Waals surface area contributed by atoms with E-state index in [4.69, 9.17) is 4.74 Å². The van der Waals surface area contributed by atoms with Crippen molar-refractivity contribution in [2.45, 2.75) is 64.6 Å². The van der Waals surface area contributed by atoms with Gasteiger partial charge in [0.15, 0.2) is 0 Å². The molecule has 1 aromatic rings. The second-order valence-corrected chi connectivity index (χ2v) is 6.43. The Hall–Kier alpha value is -1.55. The molecule has 4 nitrogen and oxygen atoms in total. The molecule has 0 aromatic heterocycles. The van der Waals surface area contributed by atoms with Gasteiger partial charge in [0.1, 0.15) is 11.3 Å². The van der Waals surface area contributed by atoms with Gasteiger partial charge in [-0.2, -0.15) is 0 Å². The van der Waals surface area contributed by atoms with Crippen LogP contribution in [0.1, 0.15) is 44.2 Å². The summed E-state index contributed by atoms with van der Waals surface area (Å²) in [6, 6.07) is 6.31. The number of benzene rings is 1. The highest BCUT2D eigenvalue weighted by Gasteiger charge is 2.39. The first-order valence-corrected chi connectivity index (χ1v) is 7.55. The predicted molar refractivity (Wildman–Crippen MR) is 82.8 cm³/mol. The van der Waals surface area contributed by atoms with Gasteiger partial charge in [-0.05, 0) is 63.8 Å². The van der Waals surface area contributed by atoms with Crippen LogP contribution in [0.3, 0.4) is 0 Å². The van der Waals surface area contributed by atoms with Crippen molar-refractivity contribution in [3.8, 4) is 5.75 Å². The van der Waals surface area contributed by atoms with Crippen molar-refractivity contribution in [1.82, 2.24) is 5.32 Å². The van der Waals surface area contributed by atoms with Crippen molar-refractivity contribution in [3.63, 3.8) is 0 Å². The minimum absolute atomic E-state index is 0.167. The number of nitrogens with one attached hydrogen (secondary N) is 1. The molecule has 2 unspecified atom stereocenters. The first-order chi connectivity index (χ1) is 9.80. The number of carboxylic acid groups (broad SMARTS) is 1. The van der Waals surface area contributed by atoms with Crippen LogP contribution in [0.5, 0.6) is 5.75 Å². The Morgan fingerprint density at radius 3 is 2.62 bits per heavy atom. The zero-order valence-corrected chi connectivity index (χ0v) is 13.3. The highest BCUT2D eigenvalue weighted by atomic mass is 16.5. The SMILES string of the molecule is Cc1ccc(OC(C)CC(C)(NC2CC2)C(=O)O)cc1C. The Balaban J connectivity index is 1.99. The number of aryl methyl sites for hydroxylation is 2. The second-order valence-electron chi connectivity index (χ2n) is 6.43. The molecule has 1 aliphatic carbocycles. The number of carboxylic acids is 1. The van der Waals surface area contributed by atoms with Crippen molar-refractivity contribution in [1.29, 1.82) is 0 Å². The molecule has 2 atom stereocenters. The fraction of sp³-hybridized carbons (Fsp3) is 0.588. The van der Waals surface area contributed by atoms with Gasteiger partial charge in [0.25, 0.3) is 0 Å². The number of ether oxygens (including phenoxy) is 1. The summed E-state index contributed by atoms with van der Waals surface area (Å²) in [5.74, 6) is -0.0188. The average molecular weight is 291 g/mol. The molecule has 1 aliphatic rings. The smallest absolute Gasteiger partial charge is 0.323 e. The largest absolute Gasteiger partial charge is 0.491 e. The Bertz CT molecular complexity index is 525. The third-order valence-electron chi connectivity index (χ3n) is 4.08. The summed E-state index contributed by atoms with van der Waals surface area (Å²) in [5, 5.41) is 12.7. The van der Waals surface area contributed by atoms with Crippen LogP contribution in [0.15, 0.2) is 18.2 Å². The molecule has 2 N–H and O–H groups in total. The van der Waals surface area contributed by atoms with Gasteiger partial charge in [0, 0.05) is 12.5 Å². The van der Waals surface area contributed by atoms with E-state index < -0.39 is 11.5 Å². The fourth-order valence-corrected chi connectivity index (χ4v) is 2.52. The van der Waals surface area contributed by atoms with E-state index in [9.17, 15) is 9.90 Å². The third-order valence-corrected chi connectivity index (χ3v) is 4.08. The summed E-state index contributed by atoms with van der Waals surface area (Å²) < 4.78 is 5.89. The summed E-state index contributed by atoms with van der Waals surface area (Å²) >= 11 is 0. The molecule has 0 heterocycles. The Labute approximate surface area is 126 Å². The van der Waals surface area contributed by atoms with Crippen molar-refractivity contribution in [3.05, 3.63) is 29.3 Å². The molecular weight excluding hydrogens is 266 g/mol. The zero-order valence-electron chi connectivity index (χ0n) is 13.3. The van der Waals surface area contributed by atoms with Crippen LogP contribution in [0, 0.1) is 13.8 Å². The Kier molecular flexibility index (Phi) is 4.57. The topological polar surface area (TPSA) is 58.6 Å².